The molecule has 0 radical (unpaired) electrons. The summed E-state index contributed by atoms with van der Waals surface area (Å²) in [6.07, 6.45) is 5.82. The Morgan fingerprint density at radius 2 is 2.12 bits per heavy atom. The summed E-state index contributed by atoms with van der Waals surface area (Å²) in [4.78, 5) is 16.8. The molecule has 1 unspecified atom stereocenters. The Labute approximate surface area is 242 Å². The minimum atomic E-state index is -0.262. The van der Waals surface area contributed by atoms with Crippen LogP contribution in [0, 0.1) is 6.92 Å². The molecule has 4 rings (SSSR count). The van der Waals surface area contributed by atoms with Crippen molar-refractivity contribution in [1.29, 1.82) is 0 Å². The Morgan fingerprint density at radius 3 is 2.82 bits per heavy atom. The Kier molecular flexibility index (Phi) is 9.63. The number of hydrogen-bond donors (Lipinski definition) is 2. The number of nitrogens with two attached hydrogens (primary N) is 1. The largest absolute Gasteiger partial charge is 1.00 e. The van der Waals surface area contributed by atoms with E-state index in [-0.39, 0.29) is 63.5 Å². The number of pyridine rings is 1. The number of imidazole rings is 1. The molecule has 33 heavy (non-hydrogen) atoms. The molecule has 1 atom stereocenters. The average Bonchev–Trinajstić information content (AvgIpc) is 3.28. The number of fused-ring (bicyclic) bond motifs is 1. The van der Waals surface area contributed by atoms with Crippen LogP contribution in [-0.4, -0.2) is 57.6 Å². The normalized spacial score (nSPS) is 16.4. The van der Waals surface area contributed by atoms with E-state index in [0.29, 0.717) is 23.2 Å². The predicted molar refractivity (Wildman–Crippen MR) is 132 cm³/mol. The number of nitrogens with one attached hydrogen (secondary N) is 1. The number of benzene rings is 1. The van der Waals surface area contributed by atoms with Crippen LogP contribution >= 0.6 is 11.9 Å². The molecule has 0 saturated carbocycles. The van der Waals surface area contributed by atoms with E-state index in [1.54, 1.807) is 25.3 Å². The van der Waals surface area contributed by atoms with Crippen LogP contribution < -0.4 is 61.9 Å². The molecule has 10 heteroatoms. The molecule has 1 fully saturated rings. The van der Waals surface area contributed by atoms with Crippen LogP contribution in [0.4, 0.5) is 5.82 Å². The molecule has 0 aliphatic carbocycles. The van der Waals surface area contributed by atoms with Crippen LogP contribution in [0.15, 0.2) is 35.6 Å². The smallest absolute Gasteiger partial charge is 0.474 e. The summed E-state index contributed by atoms with van der Waals surface area (Å²) >= 11 is 1.79. The second-order valence-electron chi connectivity index (χ2n) is 7.97. The fourth-order valence-corrected chi connectivity index (χ4v) is 4.61. The SMILES string of the molecule is C[N-]c1[nH]cnc1C(N)=NC(C)c1cc2cccc(C)c2c(OC2CCN(SC)CC2)n1.[K+]. The number of aryl methyl sites for hydroxylation is 1. The van der Waals surface area contributed by atoms with Crippen molar-refractivity contribution in [2.75, 3.05) is 26.4 Å². The molecule has 3 N–H and O–H groups in total. The second kappa shape index (κ2) is 12.0. The van der Waals surface area contributed by atoms with Crippen molar-refractivity contribution in [3.63, 3.8) is 0 Å². The summed E-state index contributed by atoms with van der Waals surface area (Å²) in [5.41, 5.74) is 8.76. The Morgan fingerprint density at radius 1 is 1.36 bits per heavy atom. The van der Waals surface area contributed by atoms with Crippen molar-refractivity contribution in [2.45, 2.75) is 38.8 Å². The van der Waals surface area contributed by atoms with Crippen LogP contribution in [-0.2, 0) is 0 Å². The van der Waals surface area contributed by atoms with Gasteiger partial charge in [-0.15, -0.1) is 0 Å². The number of rotatable bonds is 7. The predicted octanol–water partition coefficient (Wildman–Crippen LogP) is 1.49. The first kappa shape index (κ1) is 26.5. The third kappa shape index (κ3) is 6.11. The summed E-state index contributed by atoms with van der Waals surface area (Å²) in [6.45, 7) is 6.12. The number of ether oxygens (including phenoxy) is 1. The van der Waals surface area contributed by atoms with E-state index in [0.717, 1.165) is 48.0 Å². The van der Waals surface area contributed by atoms with Gasteiger partial charge in [0.05, 0.1) is 11.7 Å². The number of amidine groups is 1. The molecule has 3 aromatic rings. The first-order chi connectivity index (χ1) is 15.5. The van der Waals surface area contributed by atoms with Gasteiger partial charge in [-0.3, -0.25) is 14.3 Å². The van der Waals surface area contributed by atoms with Gasteiger partial charge in [0.1, 0.15) is 17.6 Å². The minimum absolute atomic E-state index is 0. The molecule has 1 aromatic carbocycles. The standard InChI is InChI=1S/C23H30N7OS.K/c1-14-6-5-7-16-12-18(15(2)28-21(24)20-22(25-3)27-13-26-20)29-23(19(14)16)31-17-8-10-30(32-4)11-9-17;/h5-7,12-13,15,17H,8-11H2,1-4H3,(H2,24,28)(H,26,27);/q-1;+1. The van der Waals surface area contributed by atoms with Gasteiger partial charge in [0.25, 0.3) is 0 Å². The number of aromatic amines is 1. The number of H-pyrrole nitrogens is 1. The summed E-state index contributed by atoms with van der Waals surface area (Å²) in [6, 6.07) is 8.06. The molecular formula is C23H30KN7OS. The van der Waals surface area contributed by atoms with Crippen molar-refractivity contribution >= 4 is 34.4 Å². The maximum Gasteiger partial charge on any atom is 1.00 e. The van der Waals surface area contributed by atoms with Crippen molar-refractivity contribution in [2.24, 2.45) is 10.7 Å². The van der Waals surface area contributed by atoms with Gasteiger partial charge < -0.3 is 20.8 Å². The average molecular weight is 492 g/mol. The van der Waals surface area contributed by atoms with E-state index in [2.05, 4.69) is 62.0 Å². The molecule has 170 valence electrons. The quantitative estimate of drug-likeness (QED) is 0.225. The van der Waals surface area contributed by atoms with Gasteiger partial charge >= 0.3 is 51.4 Å². The fraction of sp³-hybridized carbons (Fsp3) is 0.435. The van der Waals surface area contributed by atoms with E-state index >= 15 is 0 Å². The van der Waals surface area contributed by atoms with Gasteiger partial charge in [0.2, 0.25) is 5.88 Å². The van der Waals surface area contributed by atoms with Gasteiger partial charge in [0, 0.05) is 24.8 Å². The van der Waals surface area contributed by atoms with E-state index in [4.69, 9.17) is 15.5 Å². The molecule has 1 saturated heterocycles. The molecule has 0 spiro atoms. The van der Waals surface area contributed by atoms with Crippen LogP contribution in [0.25, 0.3) is 16.1 Å². The summed E-state index contributed by atoms with van der Waals surface area (Å²) in [5.74, 6) is 1.63. The van der Waals surface area contributed by atoms with E-state index in [9.17, 15) is 0 Å². The van der Waals surface area contributed by atoms with Crippen molar-refractivity contribution in [3.05, 3.63) is 52.9 Å². The maximum absolute atomic E-state index is 6.49. The minimum Gasteiger partial charge on any atom is -0.474 e. The first-order valence-electron chi connectivity index (χ1n) is 10.8. The van der Waals surface area contributed by atoms with Gasteiger partial charge in [-0.25, -0.2) is 4.98 Å². The summed E-state index contributed by atoms with van der Waals surface area (Å²) in [7, 11) is 1.69. The molecule has 0 amide bonds. The summed E-state index contributed by atoms with van der Waals surface area (Å²) in [5, 5.41) is 6.31. The number of hydrogen-bond acceptors (Lipinski definition) is 6. The second-order valence-corrected chi connectivity index (χ2v) is 8.85. The van der Waals surface area contributed by atoms with Gasteiger partial charge in [0.15, 0.2) is 0 Å². The van der Waals surface area contributed by atoms with Crippen LogP contribution in [0.2, 0.25) is 0 Å². The number of aliphatic imine (C=N–C) groups is 1. The zero-order valence-corrected chi connectivity index (χ0v) is 23.9. The molecule has 1 aliphatic heterocycles. The zero-order chi connectivity index (χ0) is 22.7. The van der Waals surface area contributed by atoms with Crippen LogP contribution in [0.3, 0.4) is 0 Å². The topological polar surface area (TPSA) is 107 Å². The van der Waals surface area contributed by atoms with Gasteiger partial charge in [-0.2, -0.15) is 0 Å². The number of piperidine rings is 1. The number of nitrogens with zero attached hydrogens (tertiary/aromatic N) is 5. The molecule has 1 aliphatic rings. The van der Waals surface area contributed by atoms with Crippen LogP contribution in [0.5, 0.6) is 5.88 Å². The van der Waals surface area contributed by atoms with E-state index in [1.165, 1.54) is 0 Å². The monoisotopic (exact) mass is 491 g/mol. The van der Waals surface area contributed by atoms with E-state index in [1.807, 2.05) is 6.92 Å². The van der Waals surface area contributed by atoms with E-state index < -0.39 is 0 Å². The Hall–Kier alpha value is -1.14. The Bertz CT molecular complexity index is 1110. The van der Waals surface area contributed by atoms with Crippen molar-refractivity contribution < 1.29 is 56.1 Å². The fourth-order valence-electron chi connectivity index (χ4n) is 4.04. The first-order valence-corrected chi connectivity index (χ1v) is 12.0. The molecule has 8 nitrogen and oxygen atoms in total. The third-order valence-electron chi connectivity index (χ3n) is 5.84. The third-order valence-corrected chi connectivity index (χ3v) is 6.72. The van der Waals surface area contributed by atoms with Crippen molar-refractivity contribution in [1.82, 2.24) is 19.3 Å². The Balaban J connectivity index is 0.00000306. The number of aromatic nitrogens is 3. The maximum atomic E-state index is 6.49. The zero-order valence-electron chi connectivity index (χ0n) is 20.0. The van der Waals surface area contributed by atoms with Crippen molar-refractivity contribution in [3.8, 4) is 5.88 Å². The van der Waals surface area contributed by atoms with Crippen LogP contribution in [0.1, 0.15) is 42.8 Å². The molecule has 3 heterocycles. The van der Waals surface area contributed by atoms with Gasteiger partial charge in [-0.05, 0) is 55.8 Å². The molecule has 0 bridgehead atoms. The molecule has 2 aromatic heterocycles. The molecular weight excluding hydrogens is 461 g/mol. The van der Waals surface area contributed by atoms with Gasteiger partial charge in [-0.1, -0.05) is 37.2 Å². The summed E-state index contributed by atoms with van der Waals surface area (Å²) < 4.78 is 8.86.